The second-order valence-electron chi connectivity index (χ2n) is 9.00. The molecule has 1 atom stereocenters. The third-order valence-corrected chi connectivity index (χ3v) is 8.65. The van der Waals surface area contributed by atoms with Gasteiger partial charge in [0.1, 0.15) is 6.61 Å². The lowest BCUT2D eigenvalue weighted by Gasteiger charge is -2.33. The van der Waals surface area contributed by atoms with E-state index in [1.807, 2.05) is 18.2 Å². The van der Waals surface area contributed by atoms with Gasteiger partial charge in [0.2, 0.25) is 16.1 Å². The molecule has 0 unspecified atom stereocenters. The molecule has 182 valence electrons. The summed E-state index contributed by atoms with van der Waals surface area (Å²) in [6, 6.07) is 15.0. The van der Waals surface area contributed by atoms with Gasteiger partial charge < -0.3 is 19.1 Å². The largest absolute Gasteiger partial charge is 0.485 e. The summed E-state index contributed by atoms with van der Waals surface area (Å²) >= 11 is 0. The number of carbonyl (C=O) groups excluding carboxylic acids is 1. The van der Waals surface area contributed by atoms with Crippen LogP contribution >= 0.6 is 0 Å². The van der Waals surface area contributed by atoms with Crippen LogP contribution in [0.2, 0.25) is 0 Å². The van der Waals surface area contributed by atoms with Gasteiger partial charge in [0, 0.05) is 32.2 Å². The van der Waals surface area contributed by atoms with Crippen molar-refractivity contribution in [1.82, 2.24) is 9.21 Å². The Hall–Kier alpha value is -2.62. The Morgan fingerprint density at radius 1 is 0.941 bits per heavy atom. The monoisotopic (exact) mass is 486 g/mol. The molecule has 0 aromatic heterocycles. The van der Waals surface area contributed by atoms with E-state index in [2.05, 4.69) is 12.1 Å². The molecule has 1 amide bonds. The van der Waals surface area contributed by atoms with E-state index in [-0.39, 0.29) is 17.4 Å². The molecule has 0 N–H and O–H groups in total. The molecule has 2 saturated heterocycles. The Labute approximate surface area is 200 Å². The zero-order chi connectivity index (χ0) is 23.5. The average Bonchev–Trinajstić information content (AvgIpc) is 2.89. The summed E-state index contributed by atoms with van der Waals surface area (Å²) < 4.78 is 45.0. The summed E-state index contributed by atoms with van der Waals surface area (Å²) in [6.07, 6.45) is 1.91. The highest BCUT2D eigenvalue weighted by Gasteiger charge is 2.34. The average molecular weight is 487 g/mol. The molecule has 9 heteroatoms. The van der Waals surface area contributed by atoms with Crippen molar-refractivity contribution in [2.24, 2.45) is 5.92 Å². The predicted molar refractivity (Wildman–Crippen MR) is 125 cm³/mol. The Morgan fingerprint density at radius 2 is 1.68 bits per heavy atom. The first-order valence-electron chi connectivity index (χ1n) is 11.8. The lowest BCUT2D eigenvalue weighted by Crippen LogP contribution is -2.50. The lowest BCUT2D eigenvalue weighted by atomic mass is 9.91. The van der Waals surface area contributed by atoms with Crippen molar-refractivity contribution in [3.05, 3.63) is 54.1 Å². The number of carbonyl (C=O) groups is 1. The van der Waals surface area contributed by atoms with Crippen LogP contribution in [0.15, 0.2) is 53.4 Å². The van der Waals surface area contributed by atoms with Crippen LogP contribution in [0.4, 0.5) is 0 Å². The second kappa shape index (κ2) is 9.93. The standard InChI is InChI=1S/C25H30N2O6S/c28-25(26-12-14-31-15-13-26)24-18-32-23-17-21(6-7-22(23)33-24)34(29,30)27-10-8-20(9-11-27)16-19-4-2-1-3-5-19/h1-7,17,20,24H,8-16,18H2/t24-/m1/s1. The SMILES string of the molecule is O=C([C@H]1COc2cc(S(=O)(=O)N3CCC(Cc4ccccc4)CC3)ccc2O1)N1CCOCC1. The first-order chi connectivity index (χ1) is 16.5. The van der Waals surface area contributed by atoms with Gasteiger partial charge in [0.05, 0.1) is 18.1 Å². The van der Waals surface area contributed by atoms with Gasteiger partial charge in [0.25, 0.3) is 5.91 Å². The van der Waals surface area contributed by atoms with Crippen molar-refractivity contribution in [2.45, 2.75) is 30.3 Å². The Bertz CT molecular complexity index is 1110. The van der Waals surface area contributed by atoms with E-state index in [4.69, 9.17) is 14.2 Å². The third kappa shape index (κ3) is 4.92. The number of nitrogens with zero attached hydrogens (tertiary/aromatic N) is 2. The summed E-state index contributed by atoms with van der Waals surface area (Å²) in [5, 5.41) is 0. The first-order valence-corrected chi connectivity index (χ1v) is 13.3. The number of sulfonamides is 1. The molecule has 2 aromatic carbocycles. The third-order valence-electron chi connectivity index (χ3n) is 6.75. The highest BCUT2D eigenvalue weighted by molar-refractivity contribution is 7.89. The molecule has 3 aliphatic heterocycles. The highest BCUT2D eigenvalue weighted by Crippen LogP contribution is 2.36. The van der Waals surface area contributed by atoms with Crippen molar-refractivity contribution in [3.8, 4) is 11.5 Å². The van der Waals surface area contributed by atoms with Crippen molar-refractivity contribution in [1.29, 1.82) is 0 Å². The number of hydrogen-bond donors (Lipinski definition) is 0. The van der Waals surface area contributed by atoms with Crippen LogP contribution in [-0.2, 0) is 26.0 Å². The van der Waals surface area contributed by atoms with Crippen molar-refractivity contribution in [2.75, 3.05) is 46.0 Å². The van der Waals surface area contributed by atoms with Crippen LogP contribution in [-0.4, -0.2) is 75.6 Å². The maximum Gasteiger partial charge on any atom is 0.267 e. The van der Waals surface area contributed by atoms with Gasteiger partial charge in [-0.1, -0.05) is 30.3 Å². The number of ether oxygens (including phenoxy) is 3. The smallest absolute Gasteiger partial charge is 0.267 e. The van der Waals surface area contributed by atoms with Gasteiger partial charge in [-0.15, -0.1) is 0 Å². The fourth-order valence-electron chi connectivity index (χ4n) is 4.77. The summed E-state index contributed by atoms with van der Waals surface area (Å²) in [5.41, 5.74) is 1.29. The second-order valence-corrected chi connectivity index (χ2v) is 10.9. The van der Waals surface area contributed by atoms with Gasteiger partial charge in [0.15, 0.2) is 11.5 Å². The summed E-state index contributed by atoms with van der Waals surface area (Å²) in [5.74, 6) is 1.09. The molecule has 5 rings (SSSR count). The van der Waals surface area contributed by atoms with Crippen LogP contribution in [0.3, 0.4) is 0 Å². The van der Waals surface area contributed by atoms with E-state index in [1.165, 1.54) is 17.7 Å². The molecular weight excluding hydrogens is 456 g/mol. The predicted octanol–water partition coefficient (Wildman–Crippen LogP) is 2.33. The van der Waals surface area contributed by atoms with Crippen molar-refractivity contribution < 1.29 is 27.4 Å². The van der Waals surface area contributed by atoms with Gasteiger partial charge in [-0.25, -0.2) is 8.42 Å². The molecule has 2 fully saturated rings. The van der Waals surface area contributed by atoms with E-state index in [1.54, 1.807) is 15.3 Å². The quantitative estimate of drug-likeness (QED) is 0.645. The number of benzene rings is 2. The van der Waals surface area contributed by atoms with Crippen LogP contribution in [0.1, 0.15) is 18.4 Å². The molecule has 0 radical (unpaired) electrons. The molecule has 0 aliphatic carbocycles. The molecule has 3 aliphatic rings. The number of fused-ring (bicyclic) bond motifs is 1. The van der Waals surface area contributed by atoms with Crippen molar-refractivity contribution >= 4 is 15.9 Å². The topological polar surface area (TPSA) is 85.4 Å². The zero-order valence-electron chi connectivity index (χ0n) is 19.1. The minimum atomic E-state index is -3.63. The van der Waals surface area contributed by atoms with E-state index < -0.39 is 16.1 Å². The van der Waals surface area contributed by atoms with Crippen LogP contribution < -0.4 is 9.47 Å². The molecule has 3 heterocycles. The molecule has 2 aromatic rings. The summed E-state index contributed by atoms with van der Waals surface area (Å²) in [6.45, 7) is 3.16. The van der Waals surface area contributed by atoms with Gasteiger partial charge in [-0.05, 0) is 42.9 Å². The number of piperidine rings is 1. The summed E-state index contributed by atoms with van der Waals surface area (Å²) in [4.78, 5) is 14.6. The van der Waals surface area contributed by atoms with Gasteiger partial charge in [-0.2, -0.15) is 4.31 Å². The number of morpholine rings is 1. The minimum Gasteiger partial charge on any atom is -0.485 e. The molecule has 0 saturated carbocycles. The number of rotatable bonds is 5. The van der Waals surface area contributed by atoms with Crippen molar-refractivity contribution in [3.63, 3.8) is 0 Å². The van der Waals surface area contributed by atoms with E-state index in [0.29, 0.717) is 56.8 Å². The minimum absolute atomic E-state index is 0.0531. The fourth-order valence-corrected chi connectivity index (χ4v) is 6.26. The Balaban J connectivity index is 1.21. The summed E-state index contributed by atoms with van der Waals surface area (Å²) in [7, 11) is -3.63. The Morgan fingerprint density at radius 3 is 2.41 bits per heavy atom. The van der Waals surface area contributed by atoms with Gasteiger partial charge >= 0.3 is 0 Å². The normalized spacial score (nSPS) is 21.9. The van der Waals surface area contributed by atoms with Crippen LogP contribution in [0, 0.1) is 5.92 Å². The van der Waals surface area contributed by atoms with E-state index in [9.17, 15) is 13.2 Å². The number of hydrogen-bond acceptors (Lipinski definition) is 6. The van der Waals surface area contributed by atoms with Crippen LogP contribution in [0.5, 0.6) is 11.5 Å². The molecule has 0 spiro atoms. The molecular formula is C25H30N2O6S. The Kier molecular flexibility index (Phi) is 6.76. The lowest BCUT2D eigenvalue weighted by molar-refractivity contribution is -0.145. The zero-order valence-corrected chi connectivity index (χ0v) is 19.9. The van der Waals surface area contributed by atoms with Crippen LogP contribution in [0.25, 0.3) is 0 Å². The fraction of sp³-hybridized carbons (Fsp3) is 0.480. The molecule has 8 nitrogen and oxygen atoms in total. The molecule has 34 heavy (non-hydrogen) atoms. The highest BCUT2D eigenvalue weighted by atomic mass is 32.2. The van der Waals surface area contributed by atoms with E-state index in [0.717, 1.165) is 19.3 Å². The maximum absolute atomic E-state index is 13.3. The first kappa shape index (κ1) is 23.1. The molecule has 0 bridgehead atoms. The maximum atomic E-state index is 13.3. The van der Waals surface area contributed by atoms with Gasteiger partial charge in [-0.3, -0.25) is 4.79 Å². The van der Waals surface area contributed by atoms with E-state index >= 15 is 0 Å². The number of amides is 1.